The molecule has 1 N–H and O–H groups in total. The number of carboxylic acids is 1. The van der Waals surface area contributed by atoms with Gasteiger partial charge in [0.25, 0.3) is 5.69 Å². The monoisotopic (exact) mass is 290 g/mol. The molecule has 6 heteroatoms. The smallest absolute Gasteiger partial charge is 0.337 e. The van der Waals surface area contributed by atoms with Crippen molar-refractivity contribution in [3.05, 3.63) is 46.5 Å². The fourth-order valence-electron chi connectivity index (χ4n) is 2.79. The summed E-state index contributed by atoms with van der Waals surface area (Å²) in [6, 6.07) is 3.91. The molecule has 1 aromatic rings. The summed E-state index contributed by atoms with van der Waals surface area (Å²) in [6.07, 6.45) is 4.74. The van der Waals surface area contributed by atoms with Crippen molar-refractivity contribution in [2.45, 2.75) is 19.3 Å². The summed E-state index contributed by atoms with van der Waals surface area (Å²) < 4.78 is 0. The van der Waals surface area contributed by atoms with E-state index >= 15 is 0 Å². The minimum atomic E-state index is -1.06. The van der Waals surface area contributed by atoms with Crippen molar-refractivity contribution in [2.24, 2.45) is 5.92 Å². The first-order valence-corrected chi connectivity index (χ1v) is 6.90. The Hall–Kier alpha value is -2.37. The summed E-state index contributed by atoms with van der Waals surface area (Å²) in [6.45, 7) is 5.15. The number of allylic oxidation sites excluding steroid dienone is 1. The number of non-ortho nitro benzene ring substituents is 1. The molecule has 21 heavy (non-hydrogen) atoms. The van der Waals surface area contributed by atoms with E-state index in [0.29, 0.717) is 18.2 Å². The van der Waals surface area contributed by atoms with Gasteiger partial charge in [0.2, 0.25) is 0 Å². The number of benzene rings is 1. The van der Waals surface area contributed by atoms with E-state index in [2.05, 4.69) is 6.58 Å². The second-order valence-corrected chi connectivity index (χ2v) is 5.24. The average Bonchev–Trinajstić information content (AvgIpc) is 2.47. The number of hydrogen-bond acceptors (Lipinski definition) is 4. The Labute approximate surface area is 122 Å². The molecule has 0 bridgehead atoms. The number of nitro groups is 1. The van der Waals surface area contributed by atoms with Gasteiger partial charge in [-0.15, -0.1) is 6.58 Å². The van der Waals surface area contributed by atoms with Crippen molar-refractivity contribution < 1.29 is 14.8 Å². The maximum atomic E-state index is 11.3. The molecule has 0 aliphatic carbocycles. The summed E-state index contributed by atoms with van der Waals surface area (Å²) in [5.41, 5.74) is 0.464. The summed E-state index contributed by atoms with van der Waals surface area (Å²) in [7, 11) is 0. The van der Waals surface area contributed by atoms with Gasteiger partial charge < -0.3 is 10.0 Å². The molecular formula is C15H18N2O4. The SMILES string of the molecule is C=CCC1CCCN(c2cc([N+](=O)[O-])ccc2C(=O)O)C1. The Morgan fingerprint density at radius 1 is 1.57 bits per heavy atom. The highest BCUT2D eigenvalue weighted by Gasteiger charge is 2.24. The topological polar surface area (TPSA) is 83.7 Å². The third kappa shape index (κ3) is 3.39. The minimum absolute atomic E-state index is 0.0826. The lowest BCUT2D eigenvalue weighted by molar-refractivity contribution is -0.384. The van der Waals surface area contributed by atoms with Crippen LogP contribution in [0.3, 0.4) is 0 Å². The summed E-state index contributed by atoms with van der Waals surface area (Å²) >= 11 is 0. The molecule has 1 unspecified atom stereocenters. The Kier molecular flexibility index (Phi) is 4.57. The van der Waals surface area contributed by atoms with Crippen molar-refractivity contribution in [1.29, 1.82) is 0 Å². The van der Waals surface area contributed by atoms with Crippen molar-refractivity contribution >= 4 is 17.3 Å². The van der Waals surface area contributed by atoms with E-state index in [1.54, 1.807) is 0 Å². The van der Waals surface area contributed by atoms with Gasteiger partial charge in [0, 0.05) is 25.2 Å². The zero-order valence-corrected chi connectivity index (χ0v) is 11.7. The molecule has 0 amide bonds. The lowest BCUT2D eigenvalue weighted by Gasteiger charge is -2.34. The van der Waals surface area contributed by atoms with Gasteiger partial charge in [0.15, 0.2) is 0 Å². The van der Waals surface area contributed by atoms with Crippen LogP contribution in [-0.4, -0.2) is 29.1 Å². The van der Waals surface area contributed by atoms with Gasteiger partial charge >= 0.3 is 5.97 Å². The van der Waals surface area contributed by atoms with Gasteiger partial charge in [0.05, 0.1) is 16.2 Å². The Morgan fingerprint density at radius 2 is 2.33 bits per heavy atom. The molecule has 1 aromatic carbocycles. The van der Waals surface area contributed by atoms with Gasteiger partial charge in [-0.3, -0.25) is 10.1 Å². The standard InChI is InChI=1S/C15H18N2O4/c1-2-4-11-5-3-8-16(10-11)14-9-12(17(20)21)6-7-13(14)15(18)19/h2,6-7,9,11H,1,3-5,8,10H2,(H,18,19). The molecule has 1 aliphatic rings. The van der Waals surface area contributed by atoms with Crippen molar-refractivity contribution in [1.82, 2.24) is 0 Å². The fourth-order valence-corrected chi connectivity index (χ4v) is 2.79. The van der Waals surface area contributed by atoms with Crippen LogP contribution in [0.15, 0.2) is 30.9 Å². The minimum Gasteiger partial charge on any atom is -0.478 e. The van der Waals surface area contributed by atoms with Gasteiger partial charge in [-0.25, -0.2) is 4.79 Å². The molecule has 1 aliphatic heterocycles. The number of nitrogens with zero attached hydrogens (tertiary/aromatic N) is 2. The molecule has 0 saturated carbocycles. The van der Waals surface area contributed by atoms with Crippen LogP contribution in [0.2, 0.25) is 0 Å². The molecular weight excluding hydrogens is 272 g/mol. The molecule has 1 fully saturated rings. The molecule has 1 atom stereocenters. The van der Waals surface area contributed by atoms with Crippen LogP contribution in [0.4, 0.5) is 11.4 Å². The molecule has 0 spiro atoms. The molecule has 1 heterocycles. The molecule has 0 radical (unpaired) electrons. The van der Waals surface area contributed by atoms with E-state index in [9.17, 15) is 20.0 Å². The average molecular weight is 290 g/mol. The van der Waals surface area contributed by atoms with Gasteiger partial charge in [-0.2, -0.15) is 0 Å². The Balaban J connectivity index is 2.35. The number of piperidine rings is 1. The highest BCUT2D eigenvalue weighted by molar-refractivity contribution is 5.95. The Morgan fingerprint density at radius 3 is 2.95 bits per heavy atom. The third-order valence-electron chi connectivity index (χ3n) is 3.78. The fraction of sp³-hybridized carbons (Fsp3) is 0.400. The van der Waals surface area contributed by atoms with Crippen molar-refractivity contribution in [3.8, 4) is 0 Å². The normalized spacial score (nSPS) is 18.3. The van der Waals surface area contributed by atoms with Crippen molar-refractivity contribution in [3.63, 3.8) is 0 Å². The van der Waals surface area contributed by atoms with Crippen LogP contribution in [-0.2, 0) is 0 Å². The van der Waals surface area contributed by atoms with E-state index < -0.39 is 10.9 Å². The van der Waals surface area contributed by atoms with Gasteiger partial charge in [-0.1, -0.05) is 6.08 Å². The number of hydrogen-bond donors (Lipinski definition) is 1. The lowest BCUT2D eigenvalue weighted by atomic mass is 9.94. The van der Waals surface area contributed by atoms with Gasteiger partial charge in [-0.05, 0) is 31.2 Å². The summed E-state index contributed by atoms with van der Waals surface area (Å²) in [5, 5.41) is 20.2. The molecule has 0 aromatic heterocycles. The van der Waals surface area contributed by atoms with E-state index in [1.807, 2.05) is 11.0 Å². The number of nitro benzene ring substituents is 1. The van der Waals surface area contributed by atoms with Crippen LogP contribution in [0, 0.1) is 16.0 Å². The maximum Gasteiger partial charge on any atom is 0.337 e. The predicted octanol–water partition coefficient (Wildman–Crippen LogP) is 3.09. The van der Waals surface area contributed by atoms with Crippen LogP contribution in [0.25, 0.3) is 0 Å². The zero-order chi connectivity index (χ0) is 15.4. The predicted molar refractivity (Wildman–Crippen MR) is 79.8 cm³/mol. The van der Waals surface area contributed by atoms with Gasteiger partial charge in [0.1, 0.15) is 0 Å². The van der Waals surface area contributed by atoms with E-state index in [0.717, 1.165) is 25.8 Å². The molecule has 112 valence electrons. The first kappa shape index (κ1) is 15.0. The first-order valence-electron chi connectivity index (χ1n) is 6.90. The summed E-state index contributed by atoms with van der Waals surface area (Å²) in [4.78, 5) is 23.7. The largest absolute Gasteiger partial charge is 0.478 e. The summed E-state index contributed by atoms with van der Waals surface area (Å²) in [5.74, 6) is -0.650. The van der Waals surface area contributed by atoms with E-state index in [1.165, 1.54) is 18.2 Å². The Bertz CT molecular complexity index is 571. The van der Waals surface area contributed by atoms with Crippen LogP contribution >= 0.6 is 0 Å². The third-order valence-corrected chi connectivity index (χ3v) is 3.78. The maximum absolute atomic E-state index is 11.3. The molecule has 6 nitrogen and oxygen atoms in total. The second kappa shape index (κ2) is 6.39. The highest BCUT2D eigenvalue weighted by atomic mass is 16.6. The van der Waals surface area contributed by atoms with Crippen LogP contribution < -0.4 is 4.90 Å². The van der Waals surface area contributed by atoms with E-state index in [-0.39, 0.29) is 11.3 Å². The zero-order valence-electron chi connectivity index (χ0n) is 11.7. The second-order valence-electron chi connectivity index (χ2n) is 5.24. The number of carboxylic acid groups (broad SMARTS) is 1. The lowest BCUT2D eigenvalue weighted by Crippen LogP contribution is -2.36. The number of anilines is 1. The molecule has 2 rings (SSSR count). The molecule has 1 saturated heterocycles. The van der Waals surface area contributed by atoms with Crippen molar-refractivity contribution in [2.75, 3.05) is 18.0 Å². The number of rotatable bonds is 5. The quantitative estimate of drug-likeness (QED) is 0.512. The van der Waals surface area contributed by atoms with Crippen LogP contribution in [0.1, 0.15) is 29.6 Å². The highest BCUT2D eigenvalue weighted by Crippen LogP contribution is 2.31. The number of carbonyl (C=O) groups is 1. The van der Waals surface area contributed by atoms with E-state index in [4.69, 9.17) is 0 Å². The first-order chi connectivity index (χ1) is 10.0. The number of aromatic carboxylic acids is 1. The van der Waals surface area contributed by atoms with Crippen LogP contribution in [0.5, 0.6) is 0 Å².